The SMILES string of the molecule is N#CCOc1ccc(NC(=O)/C=C(\c2ccccc2)C(F)(F)F)cc1. The number of rotatable bonds is 5. The largest absolute Gasteiger partial charge is 0.479 e. The molecule has 0 unspecified atom stereocenters. The third-order valence-electron chi connectivity index (χ3n) is 3.09. The highest BCUT2D eigenvalue weighted by molar-refractivity contribution is 6.04. The van der Waals surface area contributed by atoms with Crippen LogP contribution in [-0.2, 0) is 4.79 Å². The molecule has 2 rings (SSSR count). The number of carbonyl (C=O) groups excluding carboxylic acids is 1. The van der Waals surface area contributed by atoms with Crippen molar-refractivity contribution in [2.24, 2.45) is 0 Å². The lowest BCUT2D eigenvalue weighted by Crippen LogP contribution is -2.16. The summed E-state index contributed by atoms with van der Waals surface area (Å²) in [5, 5.41) is 10.8. The number of nitrogens with one attached hydrogen (secondary N) is 1. The number of nitriles is 1. The van der Waals surface area contributed by atoms with Gasteiger partial charge in [0.1, 0.15) is 11.8 Å². The van der Waals surface area contributed by atoms with Crippen molar-refractivity contribution in [3.8, 4) is 11.8 Å². The van der Waals surface area contributed by atoms with Crippen LogP contribution in [0.4, 0.5) is 18.9 Å². The summed E-state index contributed by atoms with van der Waals surface area (Å²) in [7, 11) is 0. The predicted octanol–water partition coefficient (Wildman–Crippen LogP) is 4.17. The van der Waals surface area contributed by atoms with Crippen LogP contribution in [0.25, 0.3) is 5.57 Å². The van der Waals surface area contributed by atoms with Crippen molar-refractivity contribution in [1.29, 1.82) is 5.26 Å². The van der Waals surface area contributed by atoms with Crippen LogP contribution in [0.5, 0.6) is 5.75 Å². The molecule has 4 nitrogen and oxygen atoms in total. The van der Waals surface area contributed by atoms with Gasteiger partial charge in [0.25, 0.3) is 0 Å². The molecule has 0 aliphatic heterocycles. The molecule has 1 N–H and O–H groups in total. The number of hydrogen-bond acceptors (Lipinski definition) is 3. The van der Waals surface area contributed by atoms with E-state index in [9.17, 15) is 18.0 Å². The van der Waals surface area contributed by atoms with Crippen LogP contribution in [-0.4, -0.2) is 18.7 Å². The summed E-state index contributed by atoms with van der Waals surface area (Å²) in [5.74, 6) is -0.489. The summed E-state index contributed by atoms with van der Waals surface area (Å²) in [6, 6.07) is 14.8. The molecule has 7 heteroatoms. The number of alkyl halides is 3. The Balaban J connectivity index is 2.15. The minimum Gasteiger partial charge on any atom is -0.479 e. The first-order chi connectivity index (χ1) is 11.9. The summed E-state index contributed by atoms with van der Waals surface area (Å²) in [6.45, 7) is -0.125. The van der Waals surface area contributed by atoms with Crippen LogP contribution in [0.1, 0.15) is 5.56 Å². The molecule has 0 aliphatic carbocycles. The molecule has 0 saturated heterocycles. The van der Waals surface area contributed by atoms with Gasteiger partial charge >= 0.3 is 6.18 Å². The highest BCUT2D eigenvalue weighted by Crippen LogP contribution is 2.33. The molecule has 2 aromatic rings. The van der Waals surface area contributed by atoms with E-state index in [1.54, 1.807) is 6.07 Å². The van der Waals surface area contributed by atoms with Gasteiger partial charge in [0.2, 0.25) is 5.91 Å². The van der Waals surface area contributed by atoms with Gasteiger partial charge in [-0.1, -0.05) is 30.3 Å². The summed E-state index contributed by atoms with van der Waals surface area (Å²) < 4.78 is 44.6. The zero-order valence-electron chi connectivity index (χ0n) is 12.9. The molecule has 25 heavy (non-hydrogen) atoms. The van der Waals surface area contributed by atoms with E-state index in [0.717, 1.165) is 0 Å². The lowest BCUT2D eigenvalue weighted by Gasteiger charge is -2.12. The molecule has 0 atom stereocenters. The molecule has 1 amide bonds. The van der Waals surface area contributed by atoms with E-state index in [1.165, 1.54) is 48.5 Å². The Morgan fingerprint density at radius 2 is 1.76 bits per heavy atom. The third kappa shape index (κ3) is 5.39. The van der Waals surface area contributed by atoms with Crippen molar-refractivity contribution in [1.82, 2.24) is 0 Å². The number of anilines is 1. The first-order valence-electron chi connectivity index (χ1n) is 7.15. The van der Waals surface area contributed by atoms with Gasteiger partial charge in [-0.2, -0.15) is 18.4 Å². The normalized spacial score (nSPS) is 11.5. The average molecular weight is 346 g/mol. The fraction of sp³-hybridized carbons (Fsp3) is 0.111. The summed E-state index contributed by atoms with van der Waals surface area (Å²) in [6.07, 6.45) is -4.14. The van der Waals surface area contributed by atoms with E-state index >= 15 is 0 Å². The van der Waals surface area contributed by atoms with Crippen molar-refractivity contribution >= 4 is 17.2 Å². The molecule has 0 aliphatic rings. The van der Waals surface area contributed by atoms with E-state index in [1.807, 2.05) is 6.07 Å². The summed E-state index contributed by atoms with van der Waals surface area (Å²) in [4.78, 5) is 11.9. The second-order valence-electron chi connectivity index (χ2n) is 4.88. The molecule has 0 bridgehead atoms. The van der Waals surface area contributed by atoms with E-state index in [-0.39, 0.29) is 12.2 Å². The lowest BCUT2D eigenvalue weighted by atomic mass is 10.1. The Morgan fingerprint density at radius 1 is 1.12 bits per heavy atom. The minimum absolute atomic E-state index is 0.0922. The third-order valence-corrected chi connectivity index (χ3v) is 3.09. The van der Waals surface area contributed by atoms with Gasteiger partial charge in [-0.15, -0.1) is 0 Å². The van der Waals surface area contributed by atoms with Gasteiger partial charge < -0.3 is 10.1 Å². The van der Waals surface area contributed by atoms with Crippen LogP contribution < -0.4 is 10.1 Å². The quantitative estimate of drug-likeness (QED) is 0.827. The maximum atomic E-state index is 13.2. The lowest BCUT2D eigenvalue weighted by molar-refractivity contribution is -0.112. The van der Waals surface area contributed by atoms with Crippen molar-refractivity contribution < 1.29 is 22.7 Å². The van der Waals surface area contributed by atoms with Gasteiger partial charge in [0.15, 0.2) is 6.61 Å². The van der Waals surface area contributed by atoms with Crippen LogP contribution in [0.3, 0.4) is 0 Å². The first-order valence-corrected chi connectivity index (χ1v) is 7.15. The summed E-state index contributed by atoms with van der Waals surface area (Å²) >= 11 is 0. The molecule has 0 saturated carbocycles. The highest BCUT2D eigenvalue weighted by Gasteiger charge is 2.35. The maximum Gasteiger partial charge on any atom is 0.417 e. The molecular weight excluding hydrogens is 333 g/mol. The van der Waals surface area contributed by atoms with Gasteiger partial charge in [-0.25, -0.2) is 0 Å². The van der Waals surface area contributed by atoms with Crippen LogP contribution >= 0.6 is 0 Å². The predicted molar refractivity (Wildman–Crippen MR) is 86.7 cm³/mol. The molecular formula is C18H13F3N2O2. The number of carbonyl (C=O) groups is 1. The minimum atomic E-state index is -4.66. The van der Waals surface area contributed by atoms with Gasteiger partial charge in [-0.05, 0) is 29.8 Å². The Morgan fingerprint density at radius 3 is 2.32 bits per heavy atom. The zero-order chi connectivity index (χ0) is 18.3. The van der Waals surface area contributed by atoms with Crippen LogP contribution in [0.15, 0.2) is 60.7 Å². The molecule has 0 spiro atoms. The topological polar surface area (TPSA) is 62.1 Å². The number of nitrogens with zero attached hydrogens (tertiary/aromatic N) is 1. The van der Waals surface area contributed by atoms with E-state index in [2.05, 4.69) is 5.32 Å². The van der Waals surface area contributed by atoms with Crippen molar-refractivity contribution in [2.45, 2.75) is 6.18 Å². The molecule has 0 radical (unpaired) electrons. The van der Waals surface area contributed by atoms with E-state index in [4.69, 9.17) is 10.00 Å². The maximum absolute atomic E-state index is 13.2. The first kappa shape index (κ1) is 18.1. The Kier molecular flexibility index (Phi) is 5.79. The number of ether oxygens (including phenoxy) is 1. The fourth-order valence-electron chi connectivity index (χ4n) is 2.01. The summed E-state index contributed by atoms with van der Waals surface area (Å²) in [5.41, 5.74) is -0.815. The van der Waals surface area contributed by atoms with Gasteiger partial charge in [-0.3, -0.25) is 4.79 Å². The number of benzene rings is 2. The average Bonchev–Trinajstić information content (AvgIpc) is 2.59. The molecule has 0 heterocycles. The van der Waals surface area contributed by atoms with E-state index in [0.29, 0.717) is 17.5 Å². The Bertz CT molecular complexity index is 792. The molecule has 128 valence electrons. The number of allylic oxidation sites excluding steroid dienone is 1. The molecule has 0 fully saturated rings. The van der Waals surface area contributed by atoms with Crippen molar-refractivity contribution in [3.05, 3.63) is 66.2 Å². The van der Waals surface area contributed by atoms with Crippen LogP contribution in [0, 0.1) is 11.3 Å². The van der Waals surface area contributed by atoms with Crippen molar-refractivity contribution in [3.63, 3.8) is 0 Å². The Labute approximate surface area is 142 Å². The standard InChI is InChI=1S/C18H13F3N2O2/c19-18(20,21)16(13-4-2-1-3-5-13)12-17(24)23-14-6-8-15(9-7-14)25-11-10-22/h1-9,12H,11H2,(H,23,24)/b16-12+. The number of amides is 1. The highest BCUT2D eigenvalue weighted by atomic mass is 19.4. The molecule has 0 aromatic heterocycles. The zero-order valence-corrected chi connectivity index (χ0v) is 12.9. The van der Waals surface area contributed by atoms with Crippen LogP contribution in [0.2, 0.25) is 0 Å². The van der Waals surface area contributed by atoms with E-state index < -0.39 is 17.7 Å². The number of halogens is 3. The Hall–Kier alpha value is -3.27. The number of hydrogen-bond donors (Lipinski definition) is 1. The van der Waals surface area contributed by atoms with Gasteiger partial charge in [0.05, 0.1) is 5.57 Å². The molecule has 2 aromatic carbocycles. The second kappa shape index (κ2) is 8.02. The second-order valence-corrected chi connectivity index (χ2v) is 4.88. The monoisotopic (exact) mass is 346 g/mol. The van der Waals surface area contributed by atoms with Crippen molar-refractivity contribution in [2.75, 3.05) is 11.9 Å². The van der Waals surface area contributed by atoms with Gasteiger partial charge in [0, 0.05) is 11.8 Å². The smallest absolute Gasteiger partial charge is 0.417 e. The fourth-order valence-corrected chi connectivity index (χ4v) is 2.01.